The molecule has 0 aliphatic heterocycles. The Morgan fingerprint density at radius 2 is 2.11 bits per heavy atom. The van der Waals surface area contributed by atoms with Crippen molar-refractivity contribution < 1.29 is 0 Å². The molecule has 6 radical (unpaired) electrons. The summed E-state index contributed by atoms with van der Waals surface area (Å²) in [6, 6.07) is 5.65. The summed E-state index contributed by atoms with van der Waals surface area (Å²) in [6.07, 6.45) is 1.72. The summed E-state index contributed by atoms with van der Waals surface area (Å²) in [4.78, 5) is 4.01. The van der Waals surface area contributed by atoms with Crippen LogP contribution in [-0.2, 0) is 0 Å². The lowest BCUT2D eigenvalue weighted by Gasteiger charge is -2.08. The van der Waals surface area contributed by atoms with Crippen molar-refractivity contribution in [2.75, 3.05) is 4.23 Å². The molecule has 0 aromatic carbocycles. The molecule has 0 saturated carbocycles. The average Bonchev–Trinajstić information content (AvgIpc) is 1.90. The number of rotatable bonds is 1. The van der Waals surface area contributed by atoms with Crippen molar-refractivity contribution in [3.05, 3.63) is 24.4 Å². The van der Waals surface area contributed by atoms with Gasteiger partial charge in [-0.3, -0.25) is 0 Å². The van der Waals surface area contributed by atoms with E-state index in [2.05, 4.69) is 25.8 Å². The third-order valence-corrected chi connectivity index (χ3v) is 1.34. The van der Waals surface area contributed by atoms with Crippen molar-refractivity contribution >= 4 is 26.6 Å². The van der Waals surface area contributed by atoms with E-state index in [4.69, 9.17) is 0 Å². The van der Waals surface area contributed by atoms with Crippen molar-refractivity contribution in [2.45, 2.75) is 0 Å². The highest BCUT2D eigenvalue weighted by Crippen LogP contribution is 2.01. The quantitative estimate of drug-likeness (QED) is 0.523. The number of nitrogens with zero attached hydrogens (tertiary/aromatic N) is 2. The molecule has 0 aliphatic rings. The van der Waals surface area contributed by atoms with Crippen molar-refractivity contribution in [1.29, 1.82) is 0 Å². The fraction of sp³-hybridized carbons (Fsp3) is 0. The van der Waals surface area contributed by atoms with Crippen molar-refractivity contribution in [3.8, 4) is 0 Å². The van der Waals surface area contributed by atoms with Crippen molar-refractivity contribution in [3.63, 3.8) is 0 Å². The Morgan fingerprint density at radius 3 is 2.44 bits per heavy atom. The topological polar surface area (TPSA) is 16.1 Å². The molecule has 0 N–H and O–H groups in total. The van der Waals surface area contributed by atoms with Crippen LogP contribution in [0.2, 0.25) is 0 Å². The molecule has 0 atom stereocenters. The number of hydrogen-bond donors (Lipinski definition) is 0. The van der Waals surface area contributed by atoms with Crippen LogP contribution < -0.4 is 4.23 Å². The molecular formula is C5H4N2Si2. The summed E-state index contributed by atoms with van der Waals surface area (Å²) < 4.78 is 1.58. The first-order chi connectivity index (χ1) is 4.30. The molecule has 4 heteroatoms. The molecule has 1 rings (SSSR count). The van der Waals surface area contributed by atoms with Crippen LogP contribution in [0.4, 0.5) is 5.82 Å². The first-order valence-electron chi connectivity index (χ1n) is 2.44. The highest BCUT2D eigenvalue weighted by Gasteiger charge is 1.90. The molecule has 0 unspecified atom stereocenters. The van der Waals surface area contributed by atoms with Gasteiger partial charge in [-0.2, -0.15) is 0 Å². The summed E-state index contributed by atoms with van der Waals surface area (Å²) in [5.41, 5.74) is 0. The van der Waals surface area contributed by atoms with Crippen molar-refractivity contribution in [2.24, 2.45) is 0 Å². The van der Waals surface area contributed by atoms with Crippen LogP contribution >= 0.6 is 0 Å². The van der Waals surface area contributed by atoms with Gasteiger partial charge in [0.25, 0.3) is 0 Å². The molecule has 0 amide bonds. The normalized spacial score (nSPS) is 9.11. The molecule has 9 heavy (non-hydrogen) atoms. The van der Waals surface area contributed by atoms with Gasteiger partial charge in [0, 0.05) is 6.20 Å². The maximum Gasteiger partial charge on any atom is 0.180 e. The summed E-state index contributed by atoms with van der Waals surface area (Å²) in [6.45, 7) is 0. The molecular weight excluding hydrogens is 144 g/mol. The fourth-order valence-electron chi connectivity index (χ4n) is 0.486. The molecule has 1 heterocycles. The molecule has 1 aromatic rings. The molecule has 2 nitrogen and oxygen atoms in total. The van der Waals surface area contributed by atoms with Gasteiger partial charge in [0.15, 0.2) is 20.8 Å². The van der Waals surface area contributed by atoms with Gasteiger partial charge in [-0.1, -0.05) is 6.07 Å². The summed E-state index contributed by atoms with van der Waals surface area (Å²) in [5, 5.41) is 0. The first-order valence-corrected chi connectivity index (χ1v) is 3.34. The molecule has 0 bridgehead atoms. The average molecular weight is 148 g/mol. The number of pyridine rings is 1. The zero-order valence-corrected chi connectivity index (χ0v) is 6.70. The zero-order valence-electron chi connectivity index (χ0n) is 4.70. The second-order valence-corrected chi connectivity index (χ2v) is 2.86. The summed E-state index contributed by atoms with van der Waals surface area (Å²) in [5.74, 6) is 0.825. The van der Waals surface area contributed by atoms with E-state index in [0.717, 1.165) is 5.82 Å². The maximum atomic E-state index is 4.01. The van der Waals surface area contributed by atoms with Crippen LogP contribution in [0.5, 0.6) is 0 Å². The molecule has 0 spiro atoms. The second-order valence-electron chi connectivity index (χ2n) is 1.52. The van der Waals surface area contributed by atoms with Gasteiger partial charge in [0.2, 0.25) is 0 Å². The van der Waals surface area contributed by atoms with E-state index in [1.54, 1.807) is 10.4 Å². The molecule has 42 valence electrons. The van der Waals surface area contributed by atoms with Crippen LogP contribution in [0.15, 0.2) is 24.4 Å². The SMILES string of the molecule is [Si]N([Si])c1ccccn1. The van der Waals surface area contributed by atoms with Crippen LogP contribution in [0.25, 0.3) is 0 Å². The third kappa shape index (κ3) is 1.65. The first kappa shape index (κ1) is 6.50. The lowest BCUT2D eigenvalue weighted by Crippen LogP contribution is -2.14. The molecule has 1 aromatic heterocycles. The van der Waals surface area contributed by atoms with Crippen LogP contribution in [-0.4, -0.2) is 25.8 Å². The number of anilines is 1. The lowest BCUT2D eigenvalue weighted by atomic mass is 10.5. The van der Waals surface area contributed by atoms with Crippen LogP contribution in [0, 0.1) is 0 Å². The van der Waals surface area contributed by atoms with E-state index in [1.807, 2.05) is 18.2 Å². The zero-order chi connectivity index (χ0) is 6.69. The summed E-state index contributed by atoms with van der Waals surface area (Å²) in [7, 11) is 6.43. The minimum atomic E-state index is 0.825. The highest BCUT2D eigenvalue weighted by atomic mass is 28.2. The van der Waals surface area contributed by atoms with Gasteiger partial charge in [0.05, 0.1) is 0 Å². The van der Waals surface area contributed by atoms with E-state index in [9.17, 15) is 0 Å². The third-order valence-electron chi connectivity index (χ3n) is 0.878. The molecule has 0 fully saturated rings. The van der Waals surface area contributed by atoms with Gasteiger partial charge < -0.3 is 4.23 Å². The van der Waals surface area contributed by atoms with E-state index in [1.165, 1.54) is 0 Å². The Balaban J connectivity index is 2.85. The standard InChI is InChI=1S/C5H4N2Si2/c8-7(9)5-3-1-2-4-6-5/h1-4H. The van der Waals surface area contributed by atoms with Crippen molar-refractivity contribution in [1.82, 2.24) is 4.98 Å². The second kappa shape index (κ2) is 2.79. The van der Waals surface area contributed by atoms with Gasteiger partial charge in [-0.15, -0.1) is 0 Å². The number of hydrogen-bond acceptors (Lipinski definition) is 2. The van der Waals surface area contributed by atoms with Gasteiger partial charge in [0.1, 0.15) is 5.82 Å². The summed E-state index contributed by atoms with van der Waals surface area (Å²) >= 11 is 0. The minimum Gasteiger partial charge on any atom is -0.413 e. The van der Waals surface area contributed by atoms with Crippen LogP contribution in [0.1, 0.15) is 0 Å². The number of aromatic nitrogens is 1. The molecule has 0 saturated heterocycles. The molecule has 0 aliphatic carbocycles. The van der Waals surface area contributed by atoms with Gasteiger partial charge in [-0.25, -0.2) is 4.98 Å². The Labute approximate surface area is 60.9 Å². The largest absolute Gasteiger partial charge is 0.413 e. The Hall–Kier alpha value is -0.616. The predicted octanol–water partition coefficient (Wildman–Crippen LogP) is 0.0550. The lowest BCUT2D eigenvalue weighted by molar-refractivity contribution is 1.30. The van der Waals surface area contributed by atoms with E-state index >= 15 is 0 Å². The smallest absolute Gasteiger partial charge is 0.180 e. The van der Waals surface area contributed by atoms with E-state index in [0.29, 0.717) is 0 Å². The Kier molecular flexibility index (Phi) is 2.02. The monoisotopic (exact) mass is 148 g/mol. The van der Waals surface area contributed by atoms with E-state index in [-0.39, 0.29) is 0 Å². The van der Waals surface area contributed by atoms with Crippen LogP contribution in [0.3, 0.4) is 0 Å². The highest BCUT2D eigenvalue weighted by molar-refractivity contribution is 6.41. The Morgan fingerprint density at radius 1 is 1.33 bits per heavy atom. The minimum absolute atomic E-state index is 0.825. The fourth-order valence-corrected chi connectivity index (χ4v) is 0.751. The van der Waals surface area contributed by atoms with Gasteiger partial charge in [-0.05, 0) is 12.1 Å². The Bertz CT molecular complexity index is 176. The van der Waals surface area contributed by atoms with Gasteiger partial charge >= 0.3 is 0 Å². The van der Waals surface area contributed by atoms with E-state index < -0.39 is 0 Å². The maximum absolute atomic E-state index is 4.01. The predicted molar refractivity (Wildman–Crippen MR) is 38.2 cm³/mol.